The van der Waals surface area contributed by atoms with Gasteiger partial charge in [-0.3, -0.25) is 0 Å². The third-order valence-corrected chi connectivity index (χ3v) is 5.49. The van der Waals surface area contributed by atoms with Crippen molar-refractivity contribution in [1.29, 1.82) is 0 Å². The molecular formula is C17H32N2. The van der Waals surface area contributed by atoms with Crippen LogP contribution in [0.15, 0.2) is 0 Å². The summed E-state index contributed by atoms with van der Waals surface area (Å²) in [6.45, 7) is 4.03. The number of nitrogens with zero attached hydrogens (tertiary/aromatic N) is 1. The lowest BCUT2D eigenvalue weighted by Gasteiger charge is -2.44. The fraction of sp³-hybridized carbons (Fsp3) is 1.00. The Morgan fingerprint density at radius 3 is 2.58 bits per heavy atom. The van der Waals surface area contributed by atoms with Gasteiger partial charge in [0.25, 0.3) is 0 Å². The summed E-state index contributed by atoms with van der Waals surface area (Å²) >= 11 is 0. The first-order valence-electron chi connectivity index (χ1n) is 8.91. The van der Waals surface area contributed by atoms with E-state index in [1.807, 2.05) is 0 Å². The fourth-order valence-electron chi connectivity index (χ4n) is 4.22. The van der Waals surface area contributed by atoms with Gasteiger partial charge >= 0.3 is 0 Å². The molecule has 0 aromatic carbocycles. The van der Waals surface area contributed by atoms with Gasteiger partial charge in [0.1, 0.15) is 0 Å². The van der Waals surface area contributed by atoms with E-state index in [9.17, 15) is 0 Å². The van der Waals surface area contributed by atoms with Gasteiger partial charge in [-0.2, -0.15) is 0 Å². The van der Waals surface area contributed by atoms with Crippen LogP contribution < -0.4 is 5.32 Å². The van der Waals surface area contributed by atoms with Crippen molar-refractivity contribution in [1.82, 2.24) is 10.2 Å². The van der Waals surface area contributed by atoms with Gasteiger partial charge in [0, 0.05) is 12.1 Å². The fourth-order valence-corrected chi connectivity index (χ4v) is 4.22. The molecule has 19 heavy (non-hydrogen) atoms. The van der Waals surface area contributed by atoms with Crippen LogP contribution in [0.25, 0.3) is 0 Å². The van der Waals surface area contributed by atoms with Crippen LogP contribution >= 0.6 is 0 Å². The minimum atomic E-state index is 0.894. The largest absolute Gasteiger partial charge is 0.314 e. The van der Waals surface area contributed by atoms with Gasteiger partial charge in [-0.1, -0.05) is 19.3 Å². The molecule has 2 saturated carbocycles. The molecule has 2 unspecified atom stereocenters. The van der Waals surface area contributed by atoms with Crippen LogP contribution in [0, 0.1) is 5.92 Å². The third kappa shape index (κ3) is 4.19. The lowest BCUT2D eigenvalue weighted by atomic mass is 9.78. The van der Waals surface area contributed by atoms with Crippen molar-refractivity contribution in [2.75, 3.05) is 19.6 Å². The van der Waals surface area contributed by atoms with E-state index in [0.717, 1.165) is 18.0 Å². The third-order valence-electron chi connectivity index (χ3n) is 5.49. The second-order valence-electron chi connectivity index (χ2n) is 7.08. The summed E-state index contributed by atoms with van der Waals surface area (Å²) in [5.74, 6) is 1.05. The highest BCUT2D eigenvalue weighted by Gasteiger charge is 2.32. The van der Waals surface area contributed by atoms with Crippen molar-refractivity contribution in [3.05, 3.63) is 0 Å². The maximum absolute atomic E-state index is 3.63. The molecule has 1 saturated heterocycles. The molecule has 2 aliphatic carbocycles. The number of hydrogen-bond donors (Lipinski definition) is 1. The molecule has 1 N–H and O–H groups in total. The maximum atomic E-state index is 3.63. The predicted octanol–water partition coefficient (Wildman–Crippen LogP) is 3.56. The topological polar surface area (TPSA) is 15.3 Å². The Morgan fingerprint density at radius 2 is 1.68 bits per heavy atom. The Labute approximate surface area is 119 Å². The Hall–Kier alpha value is -0.0800. The summed E-state index contributed by atoms with van der Waals surface area (Å²) < 4.78 is 0. The molecule has 110 valence electrons. The van der Waals surface area contributed by atoms with Crippen LogP contribution in [-0.4, -0.2) is 36.6 Å². The predicted molar refractivity (Wildman–Crippen MR) is 81.4 cm³/mol. The maximum Gasteiger partial charge on any atom is 0.0123 e. The molecule has 3 fully saturated rings. The Morgan fingerprint density at radius 1 is 0.842 bits per heavy atom. The van der Waals surface area contributed by atoms with Crippen molar-refractivity contribution >= 4 is 0 Å². The number of rotatable bonds is 7. The first-order valence-corrected chi connectivity index (χ1v) is 8.91. The van der Waals surface area contributed by atoms with E-state index < -0.39 is 0 Å². The molecule has 0 aromatic rings. The Bertz CT molecular complexity index is 260. The summed E-state index contributed by atoms with van der Waals surface area (Å²) in [5, 5.41) is 3.63. The molecule has 2 heteroatoms. The van der Waals surface area contributed by atoms with Crippen molar-refractivity contribution in [3.63, 3.8) is 0 Å². The van der Waals surface area contributed by atoms with Gasteiger partial charge in [-0.25, -0.2) is 0 Å². The molecule has 1 heterocycles. The quantitative estimate of drug-likeness (QED) is 0.707. The van der Waals surface area contributed by atoms with Crippen molar-refractivity contribution in [2.24, 2.45) is 5.92 Å². The van der Waals surface area contributed by atoms with E-state index in [1.165, 1.54) is 90.3 Å². The molecule has 0 spiro atoms. The summed E-state index contributed by atoms with van der Waals surface area (Å²) in [7, 11) is 0. The van der Waals surface area contributed by atoms with E-state index >= 15 is 0 Å². The van der Waals surface area contributed by atoms with Gasteiger partial charge in [0.2, 0.25) is 0 Å². The van der Waals surface area contributed by atoms with Crippen molar-refractivity contribution in [3.8, 4) is 0 Å². The molecule has 2 atom stereocenters. The number of likely N-dealkylation sites (tertiary alicyclic amines) is 1. The standard InChI is InChI=1S/C17H32N2/c1(4-12-18-16-10-11-16)5-13-19-14-6-8-15-7-2-3-9-17(15)19/h15-18H,1-14H2. The molecule has 1 aliphatic heterocycles. The van der Waals surface area contributed by atoms with Crippen LogP contribution in [0.1, 0.15) is 70.6 Å². The Kier molecular flexibility index (Phi) is 5.17. The van der Waals surface area contributed by atoms with E-state index in [4.69, 9.17) is 0 Å². The zero-order chi connectivity index (χ0) is 12.9. The monoisotopic (exact) mass is 264 g/mol. The normalized spacial score (nSPS) is 32.2. The summed E-state index contributed by atoms with van der Waals surface area (Å²) in [5.41, 5.74) is 0. The molecular weight excluding hydrogens is 232 g/mol. The van der Waals surface area contributed by atoms with E-state index in [-0.39, 0.29) is 0 Å². The van der Waals surface area contributed by atoms with Crippen LogP contribution in [0.4, 0.5) is 0 Å². The van der Waals surface area contributed by atoms with E-state index in [0.29, 0.717) is 0 Å². The Balaban J connectivity index is 1.29. The van der Waals surface area contributed by atoms with Crippen molar-refractivity contribution < 1.29 is 0 Å². The first-order chi connectivity index (χ1) is 9.43. The molecule has 0 aromatic heterocycles. The van der Waals surface area contributed by atoms with E-state index in [2.05, 4.69) is 10.2 Å². The molecule has 0 bridgehead atoms. The SMILES string of the molecule is C(CCNC1CC1)CCN1CCCC2CCCCC21. The zero-order valence-corrected chi connectivity index (χ0v) is 12.6. The van der Waals surface area contributed by atoms with Gasteiger partial charge in [0.05, 0.1) is 0 Å². The number of nitrogens with one attached hydrogen (secondary N) is 1. The second-order valence-corrected chi connectivity index (χ2v) is 7.08. The van der Waals surface area contributed by atoms with Gasteiger partial charge < -0.3 is 10.2 Å². The van der Waals surface area contributed by atoms with E-state index in [1.54, 1.807) is 0 Å². The summed E-state index contributed by atoms with van der Waals surface area (Å²) in [4.78, 5) is 2.85. The highest BCUT2D eigenvalue weighted by Crippen LogP contribution is 2.35. The number of fused-ring (bicyclic) bond motifs is 1. The lowest BCUT2D eigenvalue weighted by Crippen LogP contribution is -2.47. The van der Waals surface area contributed by atoms with Crippen LogP contribution in [0.2, 0.25) is 0 Å². The average Bonchev–Trinajstić information content (AvgIpc) is 3.27. The number of unbranched alkanes of at least 4 members (excludes halogenated alkanes) is 2. The second kappa shape index (κ2) is 7.08. The average molecular weight is 264 g/mol. The lowest BCUT2D eigenvalue weighted by molar-refractivity contribution is 0.0596. The minimum absolute atomic E-state index is 0.894. The van der Waals surface area contributed by atoms with Crippen molar-refractivity contribution in [2.45, 2.75) is 82.7 Å². The highest BCUT2D eigenvalue weighted by molar-refractivity contribution is 4.87. The zero-order valence-electron chi connectivity index (χ0n) is 12.6. The van der Waals surface area contributed by atoms with Crippen LogP contribution in [0.3, 0.4) is 0 Å². The van der Waals surface area contributed by atoms with Gasteiger partial charge in [-0.05, 0) is 76.9 Å². The minimum Gasteiger partial charge on any atom is -0.314 e. The summed E-state index contributed by atoms with van der Waals surface area (Å²) in [6.07, 6.45) is 16.1. The van der Waals surface area contributed by atoms with Crippen LogP contribution in [0.5, 0.6) is 0 Å². The number of piperidine rings is 1. The van der Waals surface area contributed by atoms with Gasteiger partial charge in [-0.15, -0.1) is 0 Å². The molecule has 3 rings (SSSR count). The van der Waals surface area contributed by atoms with Gasteiger partial charge in [0.15, 0.2) is 0 Å². The number of hydrogen-bond acceptors (Lipinski definition) is 2. The smallest absolute Gasteiger partial charge is 0.0123 e. The first kappa shape index (κ1) is 13.9. The summed E-state index contributed by atoms with van der Waals surface area (Å²) in [6, 6.07) is 1.86. The molecule has 3 aliphatic rings. The van der Waals surface area contributed by atoms with Crippen LogP contribution in [-0.2, 0) is 0 Å². The molecule has 0 radical (unpaired) electrons. The molecule has 0 amide bonds. The highest BCUT2D eigenvalue weighted by atomic mass is 15.2. The molecule has 2 nitrogen and oxygen atoms in total.